The number of rotatable bonds is 13. The third kappa shape index (κ3) is 8.99. The van der Waals surface area contributed by atoms with Crippen LogP contribution in [0.5, 0.6) is 0 Å². The fourth-order valence-corrected chi connectivity index (χ4v) is 4.53. The Labute approximate surface area is 205 Å². The maximum Gasteiger partial charge on any atom is 0.331 e. The number of piperidine rings is 1. The Morgan fingerprint density at radius 1 is 1.09 bits per heavy atom. The number of nitrogens with one attached hydrogen (secondary N) is 3. The first-order valence-electron chi connectivity index (χ1n) is 13.0. The van der Waals surface area contributed by atoms with Gasteiger partial charge in [0.05, 0.1) is 12.4 Å². The lowest BCUT2D eigenvalue weighted by atomic mass is 9.86. The van der Waals surface area contributed by atoms with Crippen molar-refractivity contribution in [2.75, 3.05) is 26.2 Å². The molecule has 0 unspecified atom stereocenters. The molecular formula is C27H44N4O3. The predicted molar refractivity (Wildman–Crippen MR) is 137 cm³/mol. The van der Waals surface area contributed by atoms with Crippen LogP contribution in [0, 0.1) is 11.3 Å². The highest BCUT2D eigenvalue weighted by Gasteiger charge is 2.39. The van der Waals surface area contributed by atoms with Crippen LogP contribution >= 0.6 is 0 Å². The maximum absolute atomic E-state index is 13.2. The summed E-state index contributed by atoms with van der Waals surface area (Å²) < 4.78 is 5.83. The van der Waals surface area contributed by atoms with E-state index in [-0.39, 0.29) is 17.9 Å². The topological polar surface area (TPSA) is 94.5 Å². The van der Waals surface area contributed by atoms with Crippen molar-refractivity contribution in [2.24, 2.45) is 5.92 Å². The van der Waals surface area contributed by atoms with Crippen LogP contribution in [-0.4, -0.2) is 54.5 Å². The number of unbranched alkanes of at least 4 members (excludes halogenated alkanes) is 2. The molecule has 1 aliphatic rings. The Morgan fingerprint density at radius 2 is 1.71 bits per heavy atom. The number of amidine groups is 1. The first-order chi connectivity index (χ1) is 16.4. The lowest BCUT2D eigenvalue weighted by Crippen LogP contribution is -2.55. The van der Waals surface area contributed by atoms with E-state index in [1.54, 1.807) is 6.92 Å². The number of hydrogen-bond acceptors (Lipinski definition) is 4. The molecule has 0 aliphatic carbocycles. The first-order valence-corrected chi connectivity index (χ1v) is 13.0. The minimum absolute atomic E-state index is 0.0183. The Kier molecular flexibility index (Phi) is 11.9. The van der Waals surface area contributed by atoms with Crippen LogP contribution in [0.2, 0.25) is 0 Å². The predicted octanol–water partition coefficient (Wildman–Crippen LogP) is 4.90. The van der Waals surface area contributed by atoms with E-state index in [9.17, 15) is 9.59 Å². The summed E-state index contributed by atoms with van der Waals surface area (Å²) in [5.41, 5.74) is 0.405. The number of hydrogen-bond donors (Lipinski definition) is 3. The number of ether oxygens (including phenoxy) is 1. The van der Waals surface area contributed by atoms with Crippen LogP contribution in [0.3, 0.4) is 0 Å². The lowest BCUT2D eigenvalue weighted by molar-refractivity contribution is -0.153. The molecule has 2 rings (SSSR count). The zero-order valence-corrected chi connectivity index (χ0v) is 21.3. The molecule has 1 saturated heterocycles. The molecule has 190 valence electrons. The van der Waals surface area contributed by atoms with E-state index < -0.39 is 5.54 Å². The second kappa shape index (κ2) is 14.6. The minimum atomic E-state index is -0.808. The average molecular weight is 473 g/mol. The van der Waals surface area contributed by atoms with Gasteiger partial charge < -0.3 is 20.3 Å². The highest BCUT2D eigenvalue weighted by molar-refractivity contribution is 5.88. The molecule has 1 heterocycles. The molecule has 7 heteroatoms. The van der Waals surface area contributed by atoms with Gasteiger partial charge in [0.25, 0.3) is 0 Å². The second-order valence-corrected chi connectivity index (χ2v) is 9.54. The number of urea groups is 1. The number of likely N-dealkylation sites (tertiary alicyclic amines) is 1. The fourth-order valence-electron chi connectivity index (χ4n) is 4.53. The van der Waals surface area contributed by atoms with E-state index >= 15 is 0 Å². The largest absolute Gasteiger partial charge is 0.464 e. The number of esters is 1. The minimum Gasteiger partial charge on any atom is -0.464 e. The molecule has 0 radical (unpaired) electrons. The third-order valence-electron chi connectivity index (χ3n) is 6.62. The molecule has 1 aromatic carbocycles. The number of carbonyl (C=O) groups is 2. The molecule has 34 heavy (non-hydrogen) atoms. The van der Waals surface area contributed by atoms with E-state index in [1.807, 2.05) is 23.1 Å². The SMILES string of the molecule is CCCCC(CCCC)(NC(C)=N)C(=O)OCC1CCN(C(=O)NCCc2ccccc2)CC1. The van der Waals surface area contributed by atoms with Gasteiger partial charge in [-0.15, -0.1) is 0 Å². The summed E-state index contributed by atoms with van der Waals surface area (Å²) in [6.45, 7) is 8.25. The van der Waals surface area contributed by atoms with Crippen molar-refractivity contribution < 1.29 is 14.3 Å². The molecule has 1 fully saturated rings. The van der Waals surface area contributed by atoms with Gasteiger partial charge in [-0.25, -0.2) is 9.59 Å². The van der Waals surface area contributed by atoms with Crippen LogP contribution in [0.4, 0.5) is 4.79 Å². The molecule has 0 bridgehead atoms. The Hall–Kier alpha value is -2.57. The average Bonchev–Trinajstić information content (AvgIpc) is 2.84. The summed E-state index contributed by atoms with van der Waals surface area (Å²) in [5.74, 6) is 0.325. The molecule has 1 aliphatic heterocycles. The van der Waals surface area contributed by atoms with Crippen LogP contribution in [0.1, 0.15) is 77.7 Å². The van der Waals surface area contributed by atoms with E-state index in [2.05, 4.69) is 36.6 Å². The summed E-state index contributed by atoms with van der Waals surface area (Å²) >= 11 is 0. The Balaban J connectivity index is 1.79. The van der Waals surface area contributed by atoms with Gasteiger partial charge in [-0.1, -0.05) is 69.9 Å². The van der Waals surface area contributed by atoms with Gasteiger partial charge in [0.1, 0.15) is 5.54 Å². The molecule has 7 nitrogen and oxygen atoms in total. The van der Waals surface area contributed by atoms with Crippen molar-refractivity contribution >= 4 is 17.8 Å². The second-order valence-electron chi connectivity index (χ2n) is 9.54. The summed E-state index contributed by atoms with van der Waals surface area (Å²) in [7, 11) is 0. The Morgan fingerprint density at radius 3 is 2.26 bits per heavy atom. The van der Waals surface area contributed by atoms with Gasteiger partial charge in [0.2, 0.25) is 0 Å². The highest BCUT2D eigenvalue weighted by atomic mass is 16.5. The van der Waals surface area contributed by atoms with Crippen molar-refractivity contribution in [3.8, 4) is 0 Å². The van der Waals surface area contributed by atoms with Gasteiger partial charge >= 0.3 is 12.0 Å². The van der Waals surface area contributed by atoms with E-state index in [0.717, 1.165) is 44.9 Å². The molecule has 2 amide bonds. The van der Waals surface area contributed by atoms with Crippen molar-refractivity contribution in [2.45, 2.75) is 84.1 Å². The van der Waals surface area contributed by atoms with Gasteiger partial charge in [0.15, 0.2) is 0 Å². The van der Waals surface area contributed by atoms with Crippen molar-refractivity contribution in [1.82, 2.24) is 15.5 Å². The zero-order chi connectivity index (χ0) is 24.8. The van der Waals surface area contributed by atoms with E-state index in [1.165, 1.54) is 5.56 Å². The fraction of sp³-hybridized carbons (Fsp3) is 0.667. The molecule has 3 N–H and O–H groups in total. The summed E-state index contributed by atoms with van der Waals surface area (Å²) in [6, 6.07) is 10.1. The summed E-state index contributed by atoms with van der Waals surface area (Å²) in [4.78, 5) is 27.6. The summed E-state index contributed by atoms with van der Waals surface area (Å²) in [6.07, 6.45) is 7.65. The molecule has 0 atom stereocenters. The standard InChI is InChI=1S/C27H44N4O3/c1-4-6-16-27(17-7-5-2,30-22(3)28)25(32)34-21-24-14-19-31(20-15-24)26(33)29-18-13-23-11-9-8-10-12-23/h8-12,24H,4-7,13-21H2,1-3H3,(H2,28,30)(H,29,33). The first kappa shape index (κ1) is 27.7. The van der Waals surface area contributed by atoms with Crippen LogP contribution < -0.4 is 10.6 Å². The number of benzene rings is 1. The van der Waals surface area contributed by atoms with Crippen LogP contribution in [0.15, 0.2) is 30.3 Å². The number of amides is 2. The van der Waals surface area contributed by atoms with E-state index in [0.29, 0.717) is 44.9 Å². The van der Waals surface area contributed by atoms with Crippen molar-refractivity contribution in [1.29, 1.82) is 5.41 Å². The summed E-state index contributed by atoms with van der Waals surface area (Å²) in [5, 5.41) is 14.1. The zero-order valence-electron chi connectivity index (χ0n) is 21.3. The van der Waals surface area contributed by atoms with E-state index in [4.69, 9.17) is 10.1 Å². The maximum atomic E-state index is 13.2. The monoisotopic (exact) mass is 472 g/mol. The van der Waals surface area contributed by atoms with Crippen LogP contribution in [-0.2, 0) is 16.0 Å². The van der Waals surface area contributed by atoms with Gasteiger partial charge in [-0.05, 0) is 50.5 Å². The normalized spacial score (nSPS) is 14.5. The quantitative estimate of drug-likeness (QED) is 0.216. The van der Waals surface area contributed by atoms with Gasteiger partial charge in [-0.2, -0.15) is 0 Å². The van der Waals surface area contributed by atoms with Gasteiger partial charge in [-0.3, -0.25) is 5.41 Å². The molecule has 0 spiro atoms. The van der Waals surface area contributed by atoms with Crippen molar-refractivity contribution in [3.63, 3.8) is 0 Å². The lowest BCUT2D eigenvalue weighted by Gasteiger charge is -2.35. The van der Waals surface area contributed by atoms with Crippen molar-refractivity contribution in [3.05, 3.63) is 35.9 Å². The number of carbonyl (C=O) groups excluding carboxylic acids is 2. The van der Waals surface area contributed by atoms with Gasteiger partial charge in [0, 0.05) is 19.6 Å². The third-order valence-corrected chi connectivity index (χ3v) is 6.62. The molecule has 1 aromatic rings. The molecular weight excluding hydrogens is 428 g/mol. The highest BCUT2D eigenvalue weighted by Crippen LogP contribution is 2.25. The smallest absolute Gasteiger partial charge is 0.331 e. The number of nitrogens with zero attached hydrogens (tertiary/aromatic N) is 1. The molecule has 0 saturated carbocycles. The van der Waals surface area contributed by atoms with Crippen LogP contribution in [0.25, 0.3) is 0 Å². The Bertz CT molecular complexity index is 752. The molecule has 0 aromatic heterocycles.